The van der Waals surface area contributed by atoms with E-state index in [0.717, 1.165) is 31.6 Å². The zero-order valence-electron chi connectivity index (χ0n) is 13.0. The maximum absolute atomic E-state index is 12.8. The molecular formula is C14H24N4O3S. The van der Waals surface area contributed by atoms with Crippen LogP contribution in [0.15, 0.2) is 12.3 Å². The van der Waals surface area contributed by atoms with Crippen molar-refractivity contribution in [2.24, 2.45) is 7.05 Å². The summed E-state index contributed by atoms with van der Waals surface area (Å²) in [6.45, 7) is 4.29. The Hall–Kier alpha value is -0.960. The van der Waals surface area contributed by atoms with Gasteiger partial charge in [-0.2, -0.15) is 9.40 Å². The fourth-order valence-electron chi connectivity index (χ4n) is 3.20. The van der Waals surface area contributed by atoms with Crippen LogP contribution in [0, 0.1) is 0 Å². The first-order valence-corrected chi connectivity index (χ1v) is 9.33. The quantitative estimate of drug-likeness (QED) is 0.781. The molecule has 1 atom stereocenters. The molecule has 0 aliphatic carbocycles. The van der Waals surface area contributed by atoms with Crippen molar-refractivity contribution in [2.45, 2.75) is 24.6 Å². The third-order valence-electron chi connectivity index (χ3n) is 4.52. The Morgan fingerprint density at radius 1 is 1.32 bits per heavy atom. The molecule has 8 heteroatoms. The number of hydrogen-bond acceptors (Lipinski definition) is 5. The van der Waals surface area contributed by atoms with E-state index in [-0.39, 0.29) is 5.25 Å². The molecule has 0 saturated carbocycles. The summed E-state index contributed by atoms with van der Waals surface area (Å²) in [7, 11) is -1.30. The summed E-state index contributed by atoms with van der Waals surface area (Å²) in [4.78, 5) is 2.23. The van der Waals surface area contributed by atoms with Crippen LogP contribution >= 0.6 is 0 Å². The van der Waals surface area contributed by atoms with Crippen LogP contribution in [0.25, 0.3) is 0 Å². The van der Waals surface area contributed by atoms with E-state index in [1.54, 1.807) is 10.5 Å². The number of rotatable bonds is 4. The second-order valence-corrected chi connectivity index (χ2v) is 8.21. The van der Waals surface area contributed by atoms with E-state index in [2.05, 4.69) is 10.00 Å². The lowest BCUT2D eigenvalue weighted by Crippen LogP contribution is -2.50. The highest BCUT2D eigenvalue weighted by atomic mass is 32.2. The van der Waals surface area contributed by atoms with Crippen LogP contribution in [0.3, 0.4) is 0 Å². The second kappa shape index (κ2) is 6.66. The molecule has 2 aliphatic heterocycles. The molecule has 2 saturated heterocycles. The third kappa shape index (κ3) is 3.34. The van der Waals surface area contributed by atoms with Crippen LogP contribution in [0.5, 0.6) is 0 Å². The van der Waals surface area contributed by atoms with Gasteiger partial charge in [0.05, 0.1) is 24.2 Å². The minimum Gasteiger partial charge on any atom is -0.379 e. The fourth-order valence-corrected chi connectivity index (χ4v) is 5.14. The predicted molar refractivity (Wildman–Crippen MR) is 82.8 cm³/mol. The Morgan fingerprint density at radius 2 is 2.09 bits per heavy atom. The Bertz CT molecular complexity index is 595. The molecule has 0 N–H and O–H groups in total. The summed E-state index contributed by atoms with van der Waals surface area (Å²) < 4.78 is 34.3. The van der Waals surface area contributed by atoms with E-state index in [1.165, 1.54) is 0 Å². The highest BCUT2D eigenvalue weighted by Crippen LogP contribution is 2.22. The zero-order chi connectivity index (χ0) is 15.6. The number of likely N-dealkylation sites (tertiary alicyclic amines) is 1. The third-order valence-corrected chi connectivity index (χ3v) is 6.83. The average Bonchev–Trinajstić information content (AvgIpc) is 2.94. The molecule has 3 rings (SSSR count). The van der Waals surface area contributed by atoms with Gasteiger partial charge < -0.3 is 4.74 Å². The van der Waals surface area contributed by atoms with Crippen molar-refractivity contribution < 1.29 is 13.2 Å². The molecule has 0 spiro atoms. The number of piperidine rings is 1. The number of aryl methyl sites for hydroxylation is 1. The first kappa shape index (κ1) is 15.9. The molecule has 2 aliphatic rings. The normalized spacial score (nSPS) is 25.4. The van der Waals surface area contributed by atoms with Crippen LogP contribution in [0.1, 0.15) is 18.5 Å². The molecule has 1 aromatic rings. The summed E-state index contributed by atoms with van der Waals surface area (Å²) in [6, 6.07) is 1.99. The molecule has 22 heavy (non-hydrogen) atoms. The van der Waals surface area contributed by atoms with Crippen molar-refractivity contribution in [3.05, 3.63) is 18.0 Å². The summed E-state index contributed by atoms with van der Waals surface area (Å²) in [5.41, 5.74) is 1.12. The van der Waals surface area contributed by atoms with Gasteiger partial charge in [-0.25, -0.2) is 8.42 Å². The highest BCUT2D eigenvalue weighted by Gasteiger charge is 2.36. The lowest BCUT2D eigenvalue weighted by Gasteiger charge is -2.36. The molecule has 0 amide bonds. The minimum atomic E-state index is -3.22. The van der Waals surface area contributed by atoms with Gasteiger partial charge in [-0.05, 0) is 25.5 Å². The summed E-state index contributed by atoms with van der Waals surface area (Å²) in [5.74, 6) is 0. The standard InChI is InChI=1S/C14H24N4O3S/c1-16-13(4-5-15-16)11-17-6-2-3-14(12-17)22(19,20)18-7-9-21-10-8-18/h4-5,14H,2-3,6-12H2,1H3/t14-/m1/s1. The number of ether oxygens (including phenoxy) is 1. The first-order valence-electron chi connectivity index (χ1n) is 7.83. The van der Waals surface area contributed by atoms with Crippen molar-refractivity contribution in [3.8, 4) is 0 Å². The van der Waals surface area contributed by atoms with E-state index in [0.29, 0.717) is 32.8 Å². The van der Waals surface area contributed by atoms with Gasteiger partial charge >= 0.3 is 0 Å². The predicted octanol–water partition coefficient (Wildman–Crippen LogP) is 0.0465. The Labute approximate surface area is 131 Å². The van der Waals surface area contributed by atoms with Crippen molar-refractivity contribution in [3.63, 3.8) is 0 Å². The number of sulfonamides is 1. The lowest BCUT2D eigenvalue weighted by molar-refractivity contribution is 0.0719. The van der Waals surface area contributed by atoms with Crippen LogP contribution in [-0.4, -0.2) is 72.0 Å². The van der Waals surface area contributed by atoms with Gasteiger partial charge in [0.25, 0.3) is 0 Å². The fraction of sp³-hybridized carbons (Fsp3) is 0.786. The maximum atomic E-state index is 12.8. The molecule has 0 radical (unpaired) electrons. The van der Waals surface area contributed by atoms with Gasteiger partial charge in [0.15, 0.2) is 0 Å². The molecule has 0 bridgehead atoms. The van der Waals surface area contributed by atoms with Crippen molar-refractivity contribution in [1.82, 2.24) is 19.0 Å². The van der Waals surface area contributed by atoms with Crippen LogP contribution in [0.2, 0.25) is 0 Å². The van der Waals surface area contributed by atoms with Gasteiger partial charge in [0, 0.05) is 39.4 Å². The Kier molecular flexibility index (Phi) is 4.82. The summed E-state index contributed by atoms with van der Waals surface area (Å²) >= 11 is 0. The van der Waals surface area contributed by atoms with Gasteiger partial charge in [-0.1, -0.05) is 0 Å². The molecule has 0 aromatic carbocycles. The van der Waals surface area contributed by atoms with Gasteiger partial charge in [-0.15, -0.1) is 0 Å². The number of aromatic nitrogens is 2. The van der Waals surface area contributed by atoms with Gasteiger partial charge in [0.2, 0.25) is 10.0 Å². The largest absolute Gasteiger partial charge is 0.379 e. The van der Waals surface area contributed by atoms with Crippen molar-refractivity contribution >= 4 is 10.0 Å². The maximum Gasteiger partial charge on any atom is 0.218 e. The molecule has 7 nitrogen and oxygen atoms in total. The Balaban J connectivity index is 1.66. The Morgan fingerprint density at radius 3 is 2.77 bits per heavy atom. The van der Waals surface area contributed by atoms with Crippen molar-refractivity contribution in [1.29, 1.82) is 0 Å². The first-order chi connectivity index (χ1) is 10.6. The smallest absolute Gasteiger partial charge is 0.218 e. The van der Waals surface area contributed by atoms with Gasteiger partial charge in [0.1, 0.15) is 0 Å². The number of nitrogens with zero attached hydrogens (tertiary/aromatic N) is 4. The number of morpholine rings is 1. The molecular weight excluding hydrogens is 304 g/mol. The molecule has 2 fully saturated rings. The molecule has 1 aromatic heterocycles. The number of hydrogen-bond donors (Lipinski definition) is 0. The van der Waals surface area contributed by atoms with Crippen LogP contribution < -0.4 is 0 Å². The van der Waals surface area contributed by atoms with E-state index < -0.39 is 10.0 Å². The van der Waals surface area contributed by atoms with Gasteiger partial charge in [-0.3, -0.25) is 9.58 Å². The molecule has 0 unspecified atom stereocenters. The molecule has 124 valence electrons. The zero-order valence-corrected chi connectivity index (χ0v) is 13.8. The highest BCUT2D eigenvalue weighted by molar-refractivity contribution is 7.89. The van der Waals surface area contributed by atoms with Crippen LogP contribution in [0.4, 0.5) is 0 Å². The summed E-state index contributed by atoms with van der Waals surface area (Å²) in [5, 5.41) is 3.87. The average molecular weight is 328 g/mol. The molecule has 3 heterocycles. The summed E-state index contributed by atoms with van der Waals surface area (Å²) in [6.07, 6.45) is 3.45. The monoisotopic (exact) mass is 328 g/mol. The lowest BCUT2D eigenvalue weighted by atomic mass is 10.1. The van der Waals surface area contributed by atoms with E-state index >= 15 is 0 Å². The SMILES string of the molecule is Cn1nccc1CN1CCC[C@@H](S(=O)(=O)N2CCOCC2)C1. The van der Waals surface area contributed by atoms with E-state index in [4.69, 9.17) is 4.74 Å². The van der Waals surface area contributed by atoms with E-state index in [1.807, 2.05) is 17.8 Å². The van der Waals surface area contributed by atoms with Crippen LogP contribution in [-0.2, 0) is 28.4 Å². The topological polar surface area (TPSA) is 67.7 Å². The van der Waals surface area contributed by atoms with Crippen molar-refractivity contribution in [2.75, 3.05) is 39.4 Å². The minimum absolute atomic E-state index is 0.299. The second-order valence-electron chi connectivity index (χ2n) is 6.00. The van der Waals surface area contributed by atoms with E-state index in [9.17, 15) is 8.42 Å².